The molecule has 1 heterocycles. The summed E-state index contributed by atoms with van der Waals surface area (Å²) in [5.41, 5.74) is 4.24. The number of sulfonamides is 1. The normalized spacial score (nSPS) is 11.3. The molecule has 0 radical (unpaired) electrons. The van der Waals surface area contributed by atoms with E-state index in [2.05, 4.69) is 35.9 Å². The van der Waals surface area contributed by atoms with E-state index in [4.69, 9.17) is 5.21 Å². The van der Waals surface area contributed by atoms with Crippen molar-refractivity contribution in [2.24, 2.45) is 0 Å². The third-order valence-electron chi connectivity index (χ3n) is 4.20. The zero-order valence-electron chi connectivity index (χ0n) is 15.4. The molecule has 0 unspecified atom stereocenters. The number of benzene rings is 3. The number of nitrogens with zero attached hydrogens (tertiary/aromatic N) is 2. The van der Waals surface area contributed by atoms with Gasteiger partial charge in [0.1, 0.15) is 0 Å². The fourth-order valence-corrected chi connectivity index (χ4v) is 4.00. The molecule has 152 valence electrons. The topological polar surface area (TPSA) is 116 Å². The van der Waals surface area contributed by atoms with Crippen molar-refractivity contribution < 1.29 is 13.6 Å². The lowest BCUT2D eigenvalue weighted by atomic mass is 10.3. The van der Waals surface area contributed by atoms with Crippen LogP contribution in [-0.2, 0) is 10.0 Å². The fraction of sp³-hybridized carbons (Fsp3) is 0. The van der Waals surface area contributed by atoms with Crippen LogP contribution in [0.25, 0.3) is 11.0 Å². The molecule has 0 saturated carbocycles. The van der Waals surface area contributed by atoms with Gasteiger partial charge in [-0.3, -0.25) is 15.4 Å². The maximum atomic E-state index is 12.9. The van der Waals surface area contributed by atoms with Crippen LogP contribution in [0.1, 0.15) is 0 Å². The molecule has 3 aromatic carbocycles. The summed E-state index contributed by atoms with van der Waals surface area (Å²) in [6.07, 6.45) is 0. The van der Waals surface area contributed by atoms with Crippen LogP contribution in [0.5, 0.6) is 0 Å². The lowest BCUT2D eigenvalue weighted by Gasteiger charge is -2.14. The lowest BCUT2D eigenvalue weighted by molar-refractivity contribution is 0.389. The first-order chi connectivity index (χ1) is 14.4. The highest BCUT2D eigenvalue weighted by Gasteiger charge is 2.19. The third kappa shape index (κ3) is 4.35. The second kappa shape index (κ2) is 8.27. The molecule has 0 bridgehead atoms. The van der Waals surface area contributed by atoms with Crippen molar-refractivity contribution in [2.75, 3.05) is 15.5 Å². The summed E-state index contributed by atoms with van der Waals surface area (Å²) in [6.45, 7) is 0. The summed E-state index contributed by atoms with van der Waals surface area (Å²) >= 11 is 3.39. The lowest BCUT2D eigenvalue weighted by Crippen LogP contribution is -2.16. The Morgan fingerprint density at radius 1 is 0.767 bits per heavy atom. The number of para-hydroxylation sites is 2. The number of hydrogen-bond acceptors (Lipinski definition) is 7. The molecule has 0 aliphatic carbocycles. The summed E-state index contributed by atoms with van der Waals surface area (Å²) in [7, 11) is -3.94. The maximum absolute atomic E-state index is 12.9. The minimum Gasteiger partial charge on any atom is -0.337 e. The molecule has 0 aliphatic rings. The Hall–Kier alpha value is -3.21. The van der Waals surface area contributed by atoms with E-state index >= 15 is 0 Å². The highest BCUT2D eigenvalue weighted by molar-refractivity contribution is 9.10. The zero-order chi connectivity index (χ0) is 21.1. The molecule has 4 rings (SSSR count). The van der Waals surface area contributed by atoms with Crippen molar-refractivity contribution >= 4 is 60.0 Å². The highest BCUT2D eigenvalue weighted by atomic mass is 79.9. The number of rotatable bonds is 6. The number of anilines is 4. The van der Waals surface area contributed by atoms with Crippen LogP contribution in [-0.4, -0.2) is 23.6 Å². The Morgan fingerprint density at radius 3 is 1.93 bits per heavy atom. The average molecular weight is 486 g/mol. The predicted octanol–water partition coefficient (Wildman–Crippen LogP) is 4.74. The average Bonchev–Trinajstić information content (AvgIpc) is 2.75. The molecule has 0 spiro atoms. The SMILES string of the molecule is O=S(=O)(Nc1nc2ccccc2nc1Nc1ccc(Br)cc1)c1ccc(NO)cc1. The number of halogens is 1. The van der Waals surface area contributed by atoms with Crippen LogP contribution in [0.3, 0.4) is 0 Å². The number of fused-ring (bicyclic) bond motifs is 1. The van der Waals surface area contributed by atoms with Gasteiger partial charge in [-0.25, -0.2) is 18.4 Å². The largest absolute Gasteiger partial charge is 0.337 e. The molecule has 10 heteroatoms. The molecule has 0 saturated heterocycles. The third-order valence-corrected chi connectivity index (χ3v) is 6.09. The quantitative estimate of drug-likeness (QED) is 0.291. The number of hydrogen-bond donors (Lipinski definition) is 4. The summed E-state index contributed by atoms with van der Waals surface area (Å²) in [5.74, 6) is 0.342. The van der Waals surface area contributed by atoms with Crippen LogP contribution >= 0.6 is 15.9 Å². The maximum Gasteiger partial charge on any atom is 0.263 e. The summed E-state index contributed by atoms with van der Waals surface area (Å²) in [4.78, 5) is 9.02. The molecule has 30 heavy (non-hydrogen) atoms. The first-order valence-electron chi connectivity index (χ1n) is 8.77. The van der Waals surface area contributed by atoms with Gasteiger partial charge in [-0.05, 0) is 60.7 Å². The van der Waals surface area contributed by atoms with Gasteiger partial charge in [0.05, 0.1) is 21.6 Å². The van der Waals surface area contributed by atoms with Gasteiger partial charge in [-0.15, -0.1) is 0 Å². The van der Waals surface area contributed by atoms with Crippen LogP contribution in [0.15, 0.2) is 82.2 Å². The molecule has 4 N–H and O–H groups in total. The molecule has 0 fully saturated rings. The Bertz CT molecular complexity index is 1300. The van der Waals surface area contributed by atoms with Crippen molar-refractivity contribution in [2.45, 2.75) is 4.90 Å². The van der Waals surface area contributed by atoms with Crippen LogP contribution in [0, 0.1) is 0 Å². The molecule has 0 amide bonds. The van der Waals surface area contributed by atoms with Gasteiger partial charge in [-0.2, -0.15) is 0 Å². The molecule has 0 aliphatic heterocycles. The molecular formula is C20H16BrN5O3S. The van der Waals surface area contributed by atoms with E-state index in [0.717, 1.165) is 10.2 Å². The van der Waals surface area contributed by atoms with E-state index in [1.165, 1.54) is 24.3 Å². The van der Waals surface area contributed by atoms with Crippen molar-refractivity contribution in [1.82, 2.24) is 9.97 Å². The predicted molar refractivity (Wildman–Crippen MR) is 120 cm³/mol. The van der Waals surface area contributed by atoms with Crippen molar-refractivity contribution in [3.05, 3.63) is 77.3 Å². The second-order valence-electron chi connectivity index (χ2n) is 6.28. The Labute approximate surface area is 181 Å². The van der Waals surface area contributed by atoms with Crippen molar-refractivity contribution in [3.8, 4) is 0 Å². The minimum absolute atomic E-state index is 0.0195. The summed E-state index contributed by atoms with van der Waals surface area (Å²) < 4.78 is 29.2. The Morgan fingerprint density at radius 2 is 1.33 bits per heavy atom. The van der Waals surface area contributed by atoms with Crippen molar-refractivity contribution in [1.29, 1.82) is 0 Å². The smallest absolute Gasteiger partial charge is 0.263 e. The van der Waals surface area contributed by atoms with Gasteiger partial charge in [0.15, 0.2) is 11.6 Å². The summed E-state index contributed by atoms with van der Waals surface area (Å²) in [5, 5.41) is 12.0. The molecule has 1 aromatic heterocycles. The summed E-state index contributed by atoms with van der Waals surface area (Å²) in [6, 6.07) is 20.2. The molecular weight excluding hydrogens is 470 g/mol. The van der Waals surface area contributed by atoms with E-state index in [9.17, 15) is 8.42 Å². The second-order valence-corrected chi connectivity index (χ2v) is 8.88. The van der Waals surface area contributed by atoms with Crippen molar-refractivity contribution in [3.63, 3.8) is 0 Å². The first-order valence-corrected chi connectivity index (χ1v) is 11.0. The van der Waals surface area contributed by atoms with Gasteiger partial charge < -0.3 is 5.32 Å². The van der Waals surface area contributed by atoms with Crippen LogP contribution < -0.4 is 15.5 Å². The van der Waals surface area contributed by atoms with Gasteiger partial charge in [0.25, 0.3) is 10.0 Å². The Kier molecular flexibility index (Phi) is 5.53. The van der Waals surface area contributed by atoms with E-state index in [1.807, 2.05) is 35.8 Å². The van der Waals surface area contributed by atoms with Gasteiger partial charge in [0, 0.05) is 10.2 Å². The molecule has 8 nitrogen and oxygen atoms in total. The van der Waals surface area contributed by atoms with Gasteiger partial charge in [0.2, 0.25) is 0 Å². The number of nitrogens with one attached hydrogen (secondary N) is 3. The van der Waals surface area contributed by atoms with Crippen LogP contribution in [0.4, 0.5) is 23.0 Å². The van der Waals surface area contributed by atoms with E-state index in [1.54, 1.807) is 18.2 Å². The Balaban J connectivity index is 1.74. The molecule has 4 aromatic rings. The van der Waals surface area contributed by atoms with E-state index in [-0.39, 0.29) is 16.5 Å². The van der Waals surface area contributed by atoms with Gasteiger partial charge in [-0.1, -0.05) is 28.1 Å². The van der Waals surface area contributed by atoms with E-state index in [0.29, 0.717) is 16.7 Å². The highest BCUT2D eigenvalue weighted by Crippen LogP contribution is 2.28. The van der Waals surface area contributed by atoms with E-state index < -0.39 is 10.0 Å². The minimum atomic E-state index is -3.94. The number of aromatic nitrogens is 2. The fourth-order valence-electron chi connectivity index (χ4n) is 2.72. The van der Waals surface area contributed by atoms with Crippen LogP contribution in [0.2, 0.25) is 0 Å². The monoisotopic (exact) mass is 485 g/mol. The zero-order valence-corrected chi connectivity index (χ0v) is 17.8. The molecule has 0 atom stereocenters. The first kappa shape index (κ1) is 20.1. The standard InChI is InChI=1S/C20H16BrN5O3S/c21-13-5-7-14(8-6-13)22-19-20(24-18-4-2-1-3-17(18)23-19)26-30(28,29)16-11-9-15(25-27)10-12-16/h1-12,25,27H,(H,22,23)(H,24,26). The van der Waals surface area contributed by atoms with Gasteiger partial charge >= 0.3 is 0 Å².